The minimum atomic E-state index is 0.102. The van der Waals surface area contributed by atoms with Crippen LogP contribution in [0.1, 0.15) is 23.7 Å². The van der Waals surface area contributed by atoms with Gasteiger partial charge >= 0.3 is 0 Å². The Kier molecular flexibility index (Phi) is 3.48. The summed E-state index contributed by atoms with van der Waals surface area (Å²) in [5, 5.41) is 1.01. The Morgan fingerprint density at radius 1 is 1.53 bits per heavy atom. The number of rotatable bonds is 4. The number of hydrogen-bond acceptors (Lipinski definition) is 1. The van der Waals surface area contributed by atoms with E-state index in [1.807, 2.05) is 30.5 Å². The molecule has 88 valence electrons. The Morgan fingerprint density at radius 3 is 2.94 bits per heavy atom. The summed E-state index contributed by atoms with van der Waals surface area (Å²) >= 11 is 3.54. The summed E-state index contributed by atoms with van der Waals surface area (Å²) in [5.41, 5.74) is 1.87. The quantitative estimate of drug-likeness (QED) is 0.612. The maximum Gasteiger partial charge on any atom is 0.161 e. The summed E-state index contributed by atoms with van der Waals surface area (Å²) in [7, 11) is 0. The second kappa shape index (κ2) is 4.88. The molecule has 0 bridgehead atoms. The van der Waals surface area contributed by atoms with E-state index in [4.69, 9.17) is 0 Å². The van der Waals surface area contributed by atoms with E-state index in [0.29, 0.717) is 0 Å². The Morgan fingerprint density at radius 2 is 2.29 bits per heavy atom. The number of allylic oxidation sites excluding steroid dienone is 1. The van der Waals surface area contributed by atoms with E-state index in [1.165, 1.54) is 0 Å². The van der Waals surface area contributed by atoms with E-state index in [0.717, 1.165) is 33.9 Å². The van der Waals surface area contributed by atoms with Crippen molar-refractivity contribution in [1.29, 1.82) is 0 Å². The van der Waals surface area contributed by atoms with E-state index in [2.05, 4.69) is 27.1 Å². The van der Waals surface area contributed by atoms with Crippen molar-refractivity contribution in [3.05, 3.63) is 47.1 Å². The van der Waals surface area contributed by atoms with Gasteiger partial charge in [0.2, 0.25) is 0 Å². The molecule has 0 saturated carbocycles. The fourth-order valence-electron chi connectivity index (χ4n) is 2.00. The molecule has 0 radical (unpaired) electrons. The number of Topliss-reactive ketones (excluding diaryl/α,β-unsaturated/α-hetero) is 1. The Bertz CT molecular complexity index is 583. The van der Waals surface area contributed by atoms with E-state index >= 15 is 0 Å². The third-order valence-corrected chi connectivity index (χ3v) is 3.44. The highest BCUT2D eigenvalue weighted by Crippen LogP contribution is 2.28. The van der Waals surface area contributed by atoms with Crippen LogP contribution in [0, 0.1) is 0 Å². The smallest absolute Gasteiger partial charge is 0.161 e. The average molecular weight is 292 g/mol. The fraction of sp³-hybridized carbons (Fsp3) is 0.214. The summed E-state index contributed by atoms with van der Waals surface area (Å²) in [5.74, 6) is 0.102. The van der Waals surface area contributed by atoms with Gasteiger partial charge in [0.05, 0.1) is 5.52 Å². The number of carbonyl (C=O) groups is 1. The molecule has 0 saturated heterocycles. The van der Waals surface area contributed by atoms with Gasteiger partial charge in [-0.3, -0.25) is 4.79 Å². The zero-order valence-corrected chi connectivity index (χ0v) is 11.3. The van der Waals surface area contributed by atoms with Gasteiger partial charge in [-0.2, -0.15) is 0 Å². The standard InChI is InChI=1S/C14H14BrNO/c1-3-4-8-16-9-12(10(2)17)11-6-5-7-13(15)14(11)16/h3,5-7,9H,1,4,8H2,2H3. The van der Waals surface area contributed by atoms with Crippen LogP contribution in [-0.4, -0.2) is 10.4 Å². The monoisotopic (exact) mass is 291 g/mol. The number of ketones is 1. The first-order valence-corrected chi connectivity index (χ1v) is 6.33. The van der Waals surface area contributed by atoms with Crippen molar-refractivity contribution < 1.29 is 4.79 Å². The molecule has 2 nitrogen and oxygen atoms in total. The normalized spacial score (nSPS) is 10.7. The number of aryl methyl sites for hydroxylation is 1. The minimum Gasteiger partial charge on any atom is -0.346 e. The highest BCUT2D eigenvalue weighted by Gasteiger charge is 2.13. The number of fused-ring (bicyclic) bond motifs is 1. The van der Waals surface area contributed by atoms with E-state index in [1.54, 1.807) is 6.92 Å². The predicted molar refractivity (Wildman–Crippen MR) is 74.5 cm³/mol. The minimum absolute atomic E-state index is 0.102. The molecule has 0 N–H and O–H groups in total. The third-order valence-electron chi connectivity index (χ3n) is 2.80. The summed E-state index contributed by atoms with van der Waals surface area (Å²) in [6.45, 7) is 6.18. The summed E-state index contributed by atoms with van der Waals surface area (Å²) in [4.78, 5) is 11.6. The van der Waals surface area contributed by atoms with Crippen molar-refractivity contribution in [2.24, 2.45) is 0 Å². The lowest BCUT2D eigenvalue weighted by Gasteiger charge is -2.04. The number of para-hydroxylation sites is 1. The number of carbonyl (C=O) groups excluding carboxylic acids is 1. The van der Waals surface area contributed by atoms with Crippen LogP contribution in [0.5, 0.6) is 0 Å². The molecular weight excluding hydrogens is 278 g/mol. The summed E-state index contributed by atoms with van der Waals surface area (Å²) < 4.78 is 3.13. The van der Waals surface area contributed by atoms with Crippen molar-refractivity contribution in [3.8, 4) is 0 Å². The summed E-state index contributed by atoms with van der Waals surface area (Å²) in [6, 6.07) is 5.94. The number of nitrogens with zero attached hydrogens (tertiary/aromatic N) is 1. The molecule has 2 aromatic rings. The second-order valence-corrected chi connectivity index (χ2v) is 4.86. The third kappa shape index (κ3) is 2.20. The van der Waals surface area contributed by atoms with Crippen LogP contribution in [-0.2, 0) is 6.54 Å². The summed E-state index contributed by atoms with van der Waals surface area (Å²) in [6.07, 6.45) is 4.71. The molecule has 0 fully saturated rings. The van der Waals surface area contributed by atoms with Gasteiger partial charge in [0.1, 0.15) is 0 Å². The lowest BCUT2D eigenvalue weighted by atomic mass is 10.1. The van der Waals surface area contributed by atoms with E-state index < -0.39 is 0 Å². The molecule has 3 heteroatoms. The highest BCUT2D eigenvalue weighted by atomic mass is 79.9. The predicted octanol–water partition coefficient (Wildman–Crippen LogP) is 4.18. The molecule has 0 unspecified atom stereocenters. The zero-order valence-electron chi connectivity index (χ0n) is 9.74. The van der Waals surface area contributed by atoms with Gasteiger partial charge in [0.15, 0.2) is 5.78 Å². The van der Waals surface area contributed by atoms with Gasteiger partial charge in [0.25, 0.3) is 0 Å². The maximum absolute atomic E-state index is 11.6. The molecule has 0 spiro atoms. The first-order valence-electron chi connectivity index (χ1n) is 5.54. The van der Waals surface area contributed by atoms with Crippen molar-refractivity contribution in [2.75, 3.05) is 0 Å². The van der Waals surface area contributed by atoms with E-state index in [9.17, 15) is 4.79 Å². The van der Waals surface area contributed by atoms with Crippen LogP contribution in [0.2, 0.25) is 0 Å². The number of aromatic nitrogens is 1. The molecule has 1 heterocycles. The Hall–Kier alpha value is -1.35. The molecule has 0 aliphatic carbocycles. The van der Waals surface area contributed by atoms with Crippen molar-refractivity contribution in [1.82, 2.24) is 4.57 Å². The molecule has 17 heavy (non-hydrogen) atoms. The van der Waals surface area contributed by atoms with Crippen molar-refractivity contribution in [3.63, 3.8) is 0 Å². The largest absolute Gasteiger partial charge is 0.346 e. The van der Waals surface area contributed by atoms with Crippen LogP contribution >= 0.6 is 15.9 Å². The van der Waals surface area contributed by atoms with Crippen LogP contribution < -0.4 is 0 Å². The zero-order chi connectivity index (χ0) is 12.4. The lowest BCUT2D eigenvalue weighted by molar-refractivity contribution is 0.101. The number of hydrogen-bond donors (Lipinski definition) is 0. The van der Waals surface area contributed by atoms with Gasteiger partial charge in [-0.15, -0.1) is 6.58 Å². The first-order chi connectivity index (χ1) is 8.15. The fourth-order valence-corrected chi connectivity index (χ4v) is 2.60. The van der Waals surface area contributed by atoms with Gasteiger partial charge in [-0.05, 0) is 35.3 Å². The van der Waals surface area contributed by atoms with Gasteiger partial charge in [-0.1, -0.05) is 18.2 Å². The van der Waals surface area contributed by atoms with E-state index in [-0.39, 0.29) is 5.78 Å². The number of benzene rings is 1. The second-order valence-electron chi connectivity index (χ2n) is 4.01. The highest BCUT2D eigenvalue weighted by molar-refractivity contribution is 9.10. The SMILES string of the molecule is C=CCCn1cc(C(C)=O)c2cccc(Br)c21. The van der Waals surface area contributed by atoms with Crippen LogP contribution in [0.25, 0.3) is 10.9 Å². The van der Waals surface area contributed by atoms with Gasteiger partial charge in [-0.25, -0.2) is 0 Å². The topological polar surface area (TPSA) is 22.0 Å². The molecule has 2 rings (SSSR count). The Labute approximate surface area is 109 Å². The average Bonchev–Trinajstić information content (AvgIpc) is 2.67. The van der Waals surface area contributed by atoms with Crippen molar-refractivity contribution in [2.45, 2.75) is 19.9 Å². The van der Waals surface area contributed by atoms with Crippen LogP contribution in [0.15, 0.2) is 41.5 Å². The Balaban J connectivity index is 2.66. The van der Waals surface area contributed by atoms with Crippen LogP contribution in [0.3, 0.4) is 0 Å². The molecule has 1 aromatic heterocycles. The molecule has 1 aromatic carbocycles. The van der Waals surface area contributed by atoms with Crippen molar-refractivity contribution >= 4 is 32.6 Å². The van der Waals surface area contributed by atoms with Gasteiger partial charge < -0.3 is 4.57 Å². The molecule has 0 aliphatic rings. The first kappa shape index (κ1) is 12.1. The molecule has 0 aliphatic heterocycles. The maximum atomic E-state index is 11.6. The molecule has 0 atom stereocenters. The van der Waals surface area contributed by atoms with Crippen LogP contribution in [0.4, 0.5) is 0 Å². The molecular formula is C14H14BrNO. The number of halogens is 1. The lowest BCUT2D eigenvalue weighted by Crippen LogP contribution is -1.95. The molecule has 0 amide bonds. The van der Waals surface area contributed by atoms with Gasteiger partial charge in [0, 0.05) is 28.2 Å².